The molecule has 2 aromatic rings. The zero-order chi connectivity index (χ0) is 23.9. The Kier molecular flexibility index (Phi) is 6.78. The summed E-state index contributed by atoms with van der Waals surface area (Å²) in [5.41, 5.74) is -0.113. The Morgan fingerprint density at radius 3 is 2.48 bits per heavy atom. The van der Waals surface area contributed by atoms with Crippen molar-refractivity contribution in [3.8, 4) is 0 Å². The first-order chi connectivity index (χ1) is 15.6. The third kappa shape index (κ3) is 4.92. The van der Waals surface area contributed by atoms with Gasteiger partial charge in [0, 0.05) is 17.8 Å². The van der Waals surface area contributed by atoms with Crippen LogP contribution in [-0.4, -0.2) is 27.4 Å². The monoisotopic (exact) mass is 500 g/mol. The summed E-state index contributed by atoms with van der Waals surface area (Å²) >= 11 is 12.3. The summed E-state index contributed by atoms with van der Waals surface area (Å²) in [6, 6.07) is 4.78. The van der Waals surface area contributed by atoms with E-state index in [1.54, 1.807) is 25.1 Å². The number of benzene rings is 1. The van der Waals surface area contributed by atoms with Gasteiger partial charge in [-0.25, -0.2) is 9.67 Å². The average Bonchev–Trinajstić information content (AvgIpc) is 3.19. The number of halogens is 5. The molecule has 2 heterocycles. The molecule has 0 radical (unpaired) electrons. The molecule has 3 atom stereocenters. The van der Waals surface area contributed by atoms with E-state index in [-0.39, 0.29) is 22.8 Å². The van der Waals surface area contributed by atoms with E-state index in [1.165, 1.54) is 11.1 Å². The molecule has 4 rings (SSSR count). The molecule has 1 aliphatic carbocycles. The molecule has 1 aromatic heterocycles. The molecule has 10 heteroatoms. The van der Waals surface area contributed by atoms with Crippen LogP contribution in [0.1, 0.15) is 63.3 Å². The molecule has 0 spiro atoms. The van der Waals surface area contributed by atoms with Crippen molar-refractivity contribution in [2.45, 2.75) is 64.2 Å². The van der Waals surface area contributed by atoms with Crippen LogP contribution in [0.15, 0.2) is 29.3 Å². The van der Waals surface area contributed by atoms with Crippen LogP contribution >= 0.6 is 23.2 Å². The van der Waals surface area contributed by atoms with Crippen molar-refractivity contribution in [2.75, 3.05) is 0 Å². The zero-order valence-corrected chi connectivity index (χ0v) is 19.8. The van der Waals surface area contributed by atoms with Crippen molar-refractivity contribution in [3.05, 3.63) is 45.6 Å². The van der Waals surface area contributed by atoms with Crippen LogP contribution in [0.25, 0.3) is 0 Å². The van der Waals surface area contributed by atoms with E-state index in [0.717, 1.165) is 31.7 Å². The number of alkyl halides is 3. The molecule has 1 saturated carbocycles. The molecule has 1 N–H and O–H groups in total. The van der Waals surface area contributed by atoms with E-state index < -0.39 is 23.8 Å². The van der Waals surface area contributed by atoms with Crippen LogP contribution in [0, 0.1) is 11.8 Å². The molecule has 5 nitrogen and oxygen atoms in total. The number of hydrogen-bond acceptors (Lipinski definition) is 3. The van der Waals surface area contributed by atoms with Crippen molar-refractivity contribution in [3.63, 3.8) is 0 Å². The van der Waals surface area contributed by atoms with Crippen LogP contribution in [-0.2, 0) is 11.0 Å². The average molecular weight is 501 g/mol. The summed E-state index contributed by atoms with van der Waals surface area (Å²) in [4.78, 5) is 17.8. The minimum absolute atomic E-state index is 0.0419. The third-order valence-electron chi connectivity index (χ3n) is 6.62. The smallest absolute Gasteiger partial charge is 0.353 e. The van der Waals surface area contributed by atoms with Crippen molar-refractivity contribution >= 4 is 40.6 Å². The number of fused-ring (bicyclic) bond motifs is 1. The Bertz CT molecular complexity index is 1080. The maximum atomic E-state index is 13.5. The first-order valence-electron chi connectivity index (χ1n) is 11.0. The molecule has 2 unspecified atom stereocenters. The highest BCUT2D eigenvalue weighted by Gasteiger charge is 2.42. The van der Waals surface area contributed by atoms with Gasteiger partial charge in [-0.15, -0.1) is 0 Å². The molecule has 178 valence electrons. The summed E-state index contributed by atoms with van der Waals surface area (Å²) in [7, 11) is 0. The number of aromatic nitrogens is 2. The van der Waals surface area contributed by atoms with Crippen LogP contribution in [0.2, 0.25) is 10.0 Å². The molecule has 33 heavy (non-hydrogen) atoms. The molecule has 1 aromatic carbocycles. The zero-order valence-electron chi connectivity index (χ0n) is 18.3. The quantitative estimate of drug-likeness (QED) is 0.513. The van der Waals surface area contributed by atoms with Crippen LogP contribution in [0.5, 0.6) is 0 Å². The molecule has 1 aliphatic heterocycles. The fraction of sp³-hybridized carbons (Fsp3) is 0.522. The number of carbonyl (C=O) groups is 1. The Morgan fingerprint density at radius 2 is 1.85 bits per heavy atom. The second-order valence-corrected chi connectivity index (χ2v) is 9.69. The topological polar surface area (TPSA) is 59.3 Å². The number of nitrogens with one attached hydrogen (secondary N) is 1. The van der Waals surface area contributed by atoms with Gasteiger partial charge in [-0.05, 0) is 50.3 Å². The van der Waals surface area contributed by atoms with Gasteiger partial charge in [-0.1, -0.05) is 48.5 Å². The van der Waals surface area contributed by atoms with Gasteiger partial charge in [0.05, 0.1) is 16.1 Å². The highest BCUT2D eigenvalue weighted by atomic mass is 35.5. The van der Waals surface area contributed by atoms with Gasteiger partial charge in [-0.2, -0.15) is 18.3 Å². The fourth-order valence-electron chi connectivity index (χ4n) is 4.86. The summed E-state index contributed by atoms with van der Waals surface area (Å²) in [5, 5.41) is 7.45. The van der Waals surface area contributed by atoms with Crippen molar-refractivity contribution in [2.24, 2.45) is 16.8 Å². The number of amides is 1. The van der Waals surface area contributed by atoms with Crippen molar-refractivity contribution in [1.29, 1.82) is 0 Å². The van der Waals surface area contributed by atoms with Gasteiger partial charge < -0.3 is 5.32 Å². The van der Waals surface area contributed by atoms with Gasteiger partial charge in [0.2, 0.25) is 5.91 Å². The van der Waals surface area contributed by atoms with Gasteiger partial charge in [0.15, 0.2) is 11.5 Å². The van der Waals surface area contributed by atoms with E-state index in [9.17, 15) is 18.0 Å². The van der Waals surface area contributed by atoms with Crippen LogP contribution < -0.4 is 5.32 Å². The van der Waals surface area contributed by atoms with E-state index >= 15 is 0 Å². The van der Waals surface area contributed by atoms with E-state index in [1.807, 2.05) is 6.92 Å². The number of rotatable bonds is 4. The first-order valence-corrected chi connectivity index (χ1v) is 11.8. The Balaban J connectivity index is 1.73. The maximum Gasteiger partial charge on any atom is 0.435 e. The van der Waals surface area contributed by atoms with E-state index in [2.05, 4.69) is 15.4 Å². The molecule has 1 amide bonds. The standard InChI is InChI=1S/C23H25Cl2F3N4O/c1-12(14-6-4-3-5-7-14)30-22(33)20-13(2)29-19-11-18(23(26,27)28)31-32(19)21(20)15-8-9-16(24)17(25)10-15/h8-12,14,20-21H,3-7H2,1-2H3,(H,30,33)/t12-,20?,21?/m0/s1. The lowest BCUT2D eigenvalue weighted by atomic mass is 9.83. The van der Waals surface area contributed by atoms with Gasteiger partial charge >= 0.3 is 6.18 Å². The summed E-state index contributed by atoms with van der Waals surface area (Å²) in [6.07, 6.45) is 0.939. The predicted octanol–water partition coefficient (Wildman–Crippen LogP) is 6.61. The Hall–Kier alpha value is -2.06. The first kappa shape index (κ1) is 24.1. The lowest BCUT2D eigenvalue weighted by molar-refractivity contribution is -0.141. The number of aliphatic imine (C=N–C) groups is 1. The summed E-state index contributed by atoms with van der Waals surface area (Å²) in [5.74, 6) is -0.716. The largest absolute Gasteiger partial charge is 0.435 e. The van der Waals surface area contributed by atoms with Crippen LogP contribution in [0.4, 0.5) is 19.0 Å². The van der Waals surface area contributed by atoms with Crippen molar-refractivity contribution < 1.29 is 18.0 Å². The van der Waals surface area contributed by atoms with E-state index in [4.69, 9.17) is 23.2 Å². The van der Waals surface area contributed by atoms with Gasteiger partial charge in [0.1, 0.15) is 5.92 Å². The Labute approximate surface area is 200 Å². The number of carbonyl (C=O) groups excluding carboxylic acids is 1. The lowest BCUT2D eigenvalue weighted by Gasteiger charge is -2.34. The van der Waals surface area contributed by atoms with Crippen LogP contribution in [0.3, 0.4) is 0 Å². The minimum Gasteiger partial charge on any atom is -0.353 e. The minimum atomic E-state index is -4.64. The molecule has 2 aliphatic rings. The molecule has 0 saturated heterocycles. The van der Waals surface area contributed by atoms with Gasteiger partial charge in [-0.3, -0.25) is 4.79 Å². The second kappa shape index (κ2) is 9.29. The summed E-state index contributed by atoms with van der Waals surface area (Å²) < 4.78 is 41.4. The highest BCUT2D eigenvalue weighted by molar-refractivity contribution is 6.42. The molecule has 0 bridgehead atoms. The highest BCUT2D eigenvalue weighted by Crippen LogP contribution is 2.41. The third-order valence-corrected chi connectivity index (χ3v) is 7.36. The van der Waals surface area contributed by atoms with Gasteiger partial charge in [0.25, 0.3) is 0 Å². The molecular weight excluding hydrogens is 476 g/mol. The normalized spacial score (nSPS) is 22.5. The van der Waals surface area contributed by atoms with E-state index in [0.29, 0.717) is 22.2 Å². The van der Waals surface area contributed by atoms with Crippen molar-refractivity contribution in [1.82, 2.24) is 15.1 Å². The number of nitrogens with zero attached hydrogens (tertiary/aromatic N) is 3. The Morgan fingerprint density at radius 1 is 1.15 bits per heavy atom. The lowest BCUT2D eigenvalue weighted by Crippen LogP contribution is -2.47. The number of hydrogen-bond donors (Lipinski definition) is 1. The predicted molar refractivity (Wildman–Crippen MR) is 122 cm³/mol. The summed E-state index contributed by atoms with van der Waals surface area (Å²) in [6.45, 7) is 3.64. The maximum absolute atomic E-state index is 13.5. The molecule has 1 fully saturated rings. The SMILES string of the molecule is CC1=Nc2cc(C(F)(F)F)nn2C(c2ccc(Cl)c(Cl)c2)C1C(=O)N[C@@H](C)C1CCCCC1. The fourth-order valence-corrected chi connectivity index (χ4v) is 5.17. The molecular formula is C23H25Cl2F3N4O. The second-order valence-electron chi connectivity index (χ2n) is 8.87.